The molecule has 0 N–H and O–H groups in total. The number of hydrogen-bond donors (Lipinski definition) is 0. The van der Waals surface area contributed by atoms with Crippen LogP contribution in [0.4, 0.5) is 0 Å². The van der Waals surface area contributed by atoms with Crippen molar-refractivity contribution in [3.05, 3.63) is 57.1 Å². The summed E-state index contributed by atoms with van der Waals surface area (Å²) in [5.41, 5.74) is 3.36. The Morgan fingerprint density at radius 3 is 2.19 bits per heavy atom. The van der Waals surface area contributed by atoms with E-state index in [1.54, 1.807) is 25.1 Å². The fraction of sp³-hybridized carbons (Fsp3) is 0.250. The molecule has 0 unspecified atom stereocenters. The van der Waals surface area contributed by atoms with Crippen LogP contribution >= 0.6 is 15.9 Å². The van der Waals surface area contributed by atoms with E-state index in [0.717, 1.165) is 21.2 Å². The molecule has 0 saturated carbocycles. The highest BCUT2D eigenvalue weighted by molar-refractivity contribution is 9.10. The van der Waals surface area contributed by atoms with Gasteiger partial charge in [-0.2, -0.15) is 8.42 Å². The van der Waals surface area contributed by atoms with Gasteiger partial charge in [-0.15, -0.1) is 0 Å². The van der Waals surface area contributed by atoms with Gasteiger partial charge in [-0.1, -0.05) is 33.6 Å². The minimum Gasteiger partial charge on any atom is -0.379 e. The van der Waals surface area contributed by atoms with Crippen LogP contribution in [0.3, 0.4) is 0 Å². The van der Waals surface area contributed by atoms with Crippen molar-refractivity contribution in [1.82, 2.24) is 0 Å². The van der Waals surface area contributed by atoms with Crippen LogP contribution in [0.5, 0.6) is 5.75 Å². The van der Waals surface area contributed by atoms with Crippen LogP contribution in [0.15, 0.2) is 39.7 Å². The minimum atomic E-state index is -3.84. The third kappa shape index (κ3) is 3.47. The first-order valence-corrected chi connectivity index (χ1v) is 8.69. The fourth-order valence-corrected chi connectivity index (χ4v) is 3.83. The smallest absolute Gasteiger partial charge is 0.339 e. The zero-order chi connectivity index (χ0) is 15.8. The van der Waals surface area contributed by atoms with E-state index in [4.69, 9.17) is 4.18 Å². The third-order valence-corrected chi connectivity index (χ3v) is 5.49. The lowest BCUT2D eigenvalue weighted by Crippen LogP contribution is -2.12. The molecule has 0 radical (unpaired) electrons. The predicted molar refractivity (Wildman–Crippen MR) is 87.3 cm³/mol. The normalized spacial score (nSPS) is 11.5. The molecule has 0 bridgehead atoms. The summed E-state index contributed by atoms with van der Waals surface area (Å²) < 4.78 is 31.2. The predicted octanol–water partition coefficient (Wildman–Crippen LogP) is 4.45. The molecule has 2 rings (SSSR count). The minimum absolute atomic E-state index is 0.197. The van der Waals surface area contributed by atoms with Crippen molar-refractivity contribution in [3.63, 3.8) is 0 Å². The van der Waals surface area contributed by atoms with Gasteiger partial charge in [0.1, 0.15) is 10.6 Å². The monoisotopic (exact) mass is 368 g/mol. The number of halogens is 1. The fourth-order valence-electron chi connectivity index (χ4n) is 2.08. The first-order valence-electron chi connectivity index (χ1n) is 6.49. The Morgan fingerprint density at radius 2 is 1.57 bits per heavy atom. The zero-order valence-corrected chi connectivity index (χ0v) is 14.8. The van der Waals surface area contributed by atoms with Crippen molar-refractivity contribution in [2.24, 2.45) is 0 Å². The second kappa shape index (κ2) is 5.81. The second-order valence-corrected chi connectivity index (χ2v) is 7.54. The van der Waals surface area contributed by atoms with Crippen LogP contribution in [0.1, 0.15) is 22.3 Å². The van der Waals surface area contributed by atoms with E-state index in [9.17, 15) is 8.42 Å². The molecule has 0 heterocycles. The van der Waals surface area contributed by atoms with Crippen LogP contribution in [0.2, 0.25) is 0 Å². The molecule has 0 amide bonds. The molecule has 5 heteroatoms. The maximum absolute atomic E-state index is 12.5. The summed E-state index contributed by atoms with van der Waals surface area (Å²) in [6, 6.07) is 8.82. The lowest BCUT2D eigenvalue weighted by Gasteiger charge is -2.13. The highest BCUT2D eigenvalue weighted by atomic mass is 79.9. The Kier molecular flexibility index (Phi) is 4.44. The van der Waals surface area contributed by atoms with Crippen molar-refractivity contribution < 1.29 is 12.6 Å². The standard InChI is InChI=1S/C16H17BrO3S/c1-10-5-6-15(12(3)7-10)20-21(18,19)16-9-11(2)14(17)8-13(16)4/h5-9H,1-4H3. The van der Waals surface area contributed by atoms with Gasteiger partial charge in [0.2, 0.25) is 0 Å². The SMILES string of the molecule is Cc1ccc(OS(=O)(=O)c2cc(C)c(Br)cc2C)c(C)c1. The number of aryl methyl sites for hydroxylation is 4. The first kappa shape index (κ1) is 16.0. The molecule has 2 aromatic carbocycles. The number of benzene rings is 2. The van der Waals surface area contributed by atoms with Crippen molar-refractivity contribution in [1.29, 1.82) is 0 Å². The molecule has 0 aliphatic rings. The molecule has 0 aliphatic heterocycles. The van der Waals surface area contributed by atoms with Crippen LogP contribution in [-0.4, -0.2) is 8.42 Å². The molecule has 21 heavy (non-hydrogen) atoms. The van der Waals surface area contributed by atoms with Gasteiger partial charge in [0, 0.05) is 4.47 Å². The Hall–Kier alpha value is -1.33. The number of rotatable bonds is 3. The van der Waals surface area contributed by atoms with Gasteiger partial charge < -0.3 is 4.18 Å². The van der Waals surface area contributed by atoms with E-state index in [1.165, 1.54) is 0 Å². The van der Waals surface area contributed by atoms with Crippen molar-refractivity contribution in [2.75, 3.05) is 0 Å². The van der Waals surface area contributed by atoms with Gasteiger partial charge >= 0.3 is 10.1 Å². The molecule has 0 aromatic heterocycles. The van der Waals surface area contributed by atoms with E-state index < -0.39 is 10.1 Å². The maximum atomic E-state index is 12.5. The number of hydrogen-bond acceptors (Lipinski definition) is 3. The van der Waals surface area contributed by atoms with Gasteiger partial charge in [0.05, 0.1) is 0 Å². The van der Waals surface area contributed by atoms with Crippen molar-refractivity contribution in [3.8, 4) is 5.75 Å². The quantitative estimate of drug-likeness (QED) is 0.751. The molecular formula is C16H17BrO3S. The van der Waals surface area contributed by atoms with E-state index in [1.807, 2.05) is 32.9 Å². The van der Waals surface area contributed by atoms with Gasteiger partial charge in [-0.3, -0.25) is 0 Å². The summed E-state index contributed by atoms with van der Waals surface area (Å²) in [5.74, 6) is 0.362. The average Bonchev–Trinajstić information content (AvgIpc) is 2.37. The van der Waals surface area contributed by atoms with Gasteiger partial charge in [-0.25, -0.2) is 0 Å². The molecule has 0 atom stereocenters. The van der Waals surface area contributed by atoms with Crippen LogP contribution in [-0.2, 0) is 10.1 Å². The van der Waals surface area contributed by atoms with Gasteiger partial charge in [-0.05, 0) is 62.6 Å². The first-order chi connectivity index (χ1) is 9.70. The molecule has 112 valence electrons. The largest absolute Gasteiger partial charge is 0.379 e. The molecule has 2 aromatic rings. The summed E-state index contributed by atoms with van der Waals surface area (Å²) in [6.07, 6.45) is 0. The second-order valence-electron chi connectivity index (χ2n) is 5.17. The Bertz CT molecular complexity index is 795. The maximum Gasteiger partial charge on any atom is 0.339 e. The van der Waals surface area contributed by atoms with Crippen LogP contribution in [0.25, 0.3) is 0 Å². The molecule has 0 spiro atoms. The highest BCUT2D eigenvalue weighted by Gasteiger charge is 2.21. The van der Waals surface area contributed by atoms with Crippen LogP contribution < -0.4 is 4.18 Å². The van der Waals surface area contributed by atoms with Crippen LogP contribution in [0, 0.1) is 27.7 Å². The highest BCUT2D eigenvalue weighted by Crippen LogP contribution is 2.28. The molecular weight excluding hydrogens is 352 g/mol. The topological polar surface area (TPSA) is 43.4 Å². The van der Waals surface area contributed by atoms with Crippen molar-refractivity contribution >= 4 is 26.0 Å². The summed E-state index contributed by atoms with van der Waals surface area (Å²) in [6.45, 7) is 7.38. The summed E-state index contributed by atoms with van der Waals surface area (Å²) >= 11 is 3.40. The zero-order valence-electron chi connectivity index (χ0n) is 12.4. The van der Waals surface area contributed by atoms with Crippen molar-refractivity contribution in [2.45, 2.75) is 32.6 Å². The van der Waals surface area contributed by atoms with E-state index in [0.29, 0.717) is 11.3 Å². The molecule has 0 aliphatic carbocycles. The molecule has 3 nitrogen and oxygen atoms in total. The lowest BCUT2D eigenvalue weighted by molar-refractivity contribution is 0.483. The van der Waals surface area contributed by atoms with E-state index in [2.05, 4.69) is 15.9 Å². The third-order valence-electron chi connectivity index (χ3n) is 3.26. The van der Waals surface area contributed by atoms with E-state index in [-0.39, 0.29) is 4.90 Å². The van der Waals surface area contributed by atoms with Gasteiger partial charge in [0.15, 0.2) is 0 Å². The summed E-state index contributed by atoms with van der Waals surface area (Å²) in [5, 5.41) is 0. The molecule has 0 saturated heterocycles. The average molecular weight is 369 g/mol. The lowest BCUT2D eigenvalue weighted by atomic mass is 10.1. The van der Waals surface area contributed by atoms with Gasteiger partial charge in [0.25, 0.3) is 0 Å². The van der Waals surface area contributed by atoms with E-state index >= 15 is 0 Å². The Morgan fingerprint density at radius 1 is 0.905 bits per heavy atom. The summed E-state index contributed by atoms with van der Waals surface area (Å²) in [7, 11) is -3.84. The molecule has 0 fully saturated rings. The Balaban J connectivity index is 2.46. The summed E-state index contributed by atoms with van der Waals surface area (Å²) in [4.78, 5) is 0.197. The Labute approximate surface area is 134 Å².